The molecule has 9 nitrogen and oxygen atoms in total. The molecular weight excluding hydrogens is 616 g/mol. The van der Waals surface area contributed by atoms with Crippen molar-refractivity contribution >= 4 is 16.0 Å². The van der Waals surface area contributed by atoms with Gasteiger partial charge in [-0.15, -0.1) is 0 Å². The maximum atomic E-state index is 13.9. The van der Waals surface area contributed by atoms with Crippen molar-refractivity contribution < 1.29 is 32.2 Å². The molecule has 1 aliphatic rings. The highest BCUT2D eigenvalue weighted by Crippen LogP contribution is 2.35. The Bertz CT molecular complexity index is 1960. The number of hydrogen-bond acceptors (Lipinski definition) is 7. The van der Waals surface area contributed by atoms with Gasteiger partial charge in [0.05, 0.1) is 17.2 Å². The van der Waals surface area contributed by atoms with Crippen LogP contribution in [0.4, 0.5) is 0 Å². The van der Waals surface area contributed by atoms with E-state index in [4.69, 9.17) is 13.9 Å². The lowest BCUT2D eigenvalue weighted by atomic mass is 9.92. The second-order valence-electron chi connectivity index (χ2n) is 11.4. The van der Waals surface area contributed by atoms with Gasteiger partial charge in [-0.25, -0.2) is 18.2 Å². The number of carbonyl (C=O) groups is 1. The largest absolute Gasteiger partial charge is 0.493 e. The van der Waals surface area contributed by atoms with E-state index in [0.717, 1.165) is 39.3 Å². The first kappa shape index (κ1) is 32.2. The molecule has 1 aromatic heterocycles. The first-order chi connectivity index (χ1) is 22.7. The second-order valence-corrected chi connectivity index (χ2v) is 13.3. The van der Waals surface area contributed by atoms with E-state index in [1.807, 2.05) is 91.9 Å². The van der Waals surface area contributed by atoms with E-state index in [1.165, 1.54) is 11.4 Å². The Labute approximate surface area is 274 Å². The molecule has 1 aliphatic heterocycles. The van der Waals surface area contributed by atoms with Crippen LogP contribution >= 0.6 is 0 Å². The first-order valence-electron chi connectivity index (χ1n) is 15.4. The summed E-state index contributed by atoms with van der Waals surface area (Å²) in [5.74, 6) is 0.837. The summed E-state index contributed by atoms with van der Waals surface area (Å²) < 4.78 is 46.6. The summed E-state index contributed by atoms with van der Waals surface area (Å²) in [5.41, 5.74) is 5.95. The van der Waals surface area contributed by atoms with Crippen LogP contribution in [0.15, 0.2) is 106 Å². The van der Waals surface area contributed by atoms with Crippen molar-refractivity contribution in [3.8, 4) is 28.3 Å². The Morgan fingerprint density at radius 2 is 1.57 bits per heavy atom. The summed E-state index contributed by atoms with van der Waals surface area (Å²) in [6.07, 6.45) is -0.0549. The Morgan fingerprint density at radius 3 is 2.23 bits per heavy atom. The highest BCUT2D eigenvalue weighted by molar-refractivity contribution is 7.89. The van der Waals surface area contributed by atoms with E-state index in [-0.39, 0.29) is 24.4 Å². The van der Waals surface area contributed by atoms with Crippen molar-refractivity contribution in [3.63, 3.8) is 0 Å². The van der Waals surface area contributed by atoms with Gasteiger partial charge in [-0.2, -0.15) is 4.31 Å². The number of ether oxygens (including phenoxy) is 2. The van der Waals surface area contributed by atoms with Gasteiger partial charge in [0, 0.05) is 44.2 Å². The Morgan fingerprint density at radius 1 is 0.915 bits per heavy atom. The number of oxazole rings is 1. The summed E-state index contributed by atoms with van der Waals surface area (Å²) >= 11 is 0. The summed E-state index contributed by atoms with van der Waals surface area (Å²) in [7, 11) is -2.48. The molecular formula is C37H36N2O7S. The van der Waals surface area contributed by atoms with Gasteiger partial charge >= 0.3 is 5.97 Å². The molecule has 0 bridgehead atoms. The molecule has 242 valence electrons. The quantitative estimate of drug-likeness (QED) is 0.166. The van der Waals surface area contributed by atoms with Crippen LogP contribution in [0.1, 0.15) is 28.1 Å². The number of carboxylic acid groups (broad SMARTS) is 1. The van der Waals surface area contributed by atoms with Crippen molar-refractivity contribution in [2.24, 2.45) is 0 Å². The lowest BCUT2D eigenvalue weighted by Crippen LogP contribution is -2.37. The molecule has 0 amide bonds. The van der Waals surface area contributed by atoms with E-state index >= 15 is 0 Å². The summed E-state index contributed by atoms with van der Waals surface area (Å²) in [6, 6.07) is 30.0. The van der Waals surface area contributed by atoms with Gasteiger partial charge in [-0.1, -0.05) is 66.7 Å². The van der Waals surface area contributed by atoms with Crippen LogP contribution in [0, 0.1) is 6.92 Å². The average molecular weight is 653 g/mol. The number of fused-ring (bicyclic) bond motifs is 1. The van der Waals surface area contributed by atoms with E-state index in [0.29, 0.717) is 36.7 Å². The van der Waals surface area contributed by atoms with E-state index in [9.17, 15) is 18.3 Å². The fraction of sp³-hybridized carbons (Fsp3) is 0.243. The predicted molar refractivity (Wildman–Crippen MR) is 178 cm³/mol. The van der Waals surface area contributed by atoms with E-state index in [2.05, 4.69) is 4.98 Å². The van der Waals surface area contributed by atoms with Gasteiger partial charge < -0.3 is 19.0 Å². The van der Waals surface area contributed by atoms with Crippen LogP contribution in [0.2, 0.25) is 0 Å². The number of benzene rings is 4. The molecule has 0 radical (unpaired) electrons. The predicted octanol–water partition coefficient (Wildman–Crippen LogP) is 6.33. The highest BCUT2D eigenvalue weighted by Gasteiger charge is 2.32. The lowest BCUT2D eigenvalue weighted by Gasteiger charge is -2.31. The molecule has 0 fully saturated rings. The van der Waals surface area contributed by atoms with Crippen molar-refractivity contribution in [1.82, 2.24) is 9.29 Å². The number of methoxy groups -OCH3 is 1. The second kappa shape index (κ2) is 13.9. The topological polar surface area (TPSA) is 119 Å². The minimum atomic E-state index is -3.84. The number of aliphatic carboxylic acids is 1. The zero-order valence-electron chi connectivity index (χ0n) is 26.3. The smallest absolute Gasteiger partial charge is 0.333 e. The highest BCUT2D eigenvalue weighted by atomic mass is 32.2. The SMILES string of the molecule is COC(Cc1ccc(OCCc2nc(-c3ccccc3)oc2C)c2c1CN(S(=O)(=O)c1ccc(-c3ccccc3)cc1)CC2)C(=O)O. The van der Waals surface area contributed by atoms with Gasteiger partial charge in [-0.05, 0) is 65.9 Å². The lowest BCUT2D eigenvalue weighted by molar-refractivity contribution is -0.148. The summed E-state index contributed by atoms with van der Waals surface area (Å²) in [5, 5.41) is 9.68. The normalized spacial score (nSPS) is 14.0. The summed E-state index contributed by atoms with van der Waals surface area (Å²) in [4.78, 5) is 16.7. The molecule has 1 N–H and O–H groups in total. The molecule has 5 aromatic rings. The third-order valence-corrected chi connectivity index (χ3v) is 10.4. The van der Waals surface area contributed by atoms with Crippen LogP contribution in [0.5, 0.6) is 5.75 Å². The van der Waals surface area contributed by atoms with Crippen LogP contribution in [-0.4, -0.2) is 55.1 Å². The Hall–Kier alpha value is -4.77. The standard InChI is InChI=1S/C37H36N2O7S/c1-25-33(38-36(46-25)28-11-7-4-8-12-28)20-22-45-34-18-15-29(23-35(44-2)37(40)41)32-24-39(21-19-31(32)34)47(42,43)30-16-13-27(14-17-30)26-9-5-3-6-10-26/h3-18,35H,19-24H2,1-2H3,(H,40,41). The molecule has 6 rings (SSSR count). The number of aromatic nitrogens is 1. The van der Waals surface area contributed by atoms with Gasteiger partial charge in [0.15, 0.2) is 6.10 Å². The fourth-order valence-corrected chi connectivity index (χ4v) is 7.32. The number of sulfonamides is 1. The molecule has 4 aromatic carbocycles. The van der Waals surface area contributed by atoms with Crippen molar-refractivity contribution in [2.75, 3.05) is 20.3 Å². The maximum Gasteiger partial charge on any atom is 0.333 e. The van der Waals surface area contributed by atoms with Crippen molar-refractivity contribution in [1.29, 1.82) is 0 Å². The maximum absolute atomic E-state index is 13.9. The van der Waals surface area contributed by atoms with E-state index in [1.54, 1.807) is 12.1 Å². The minimum absolute atomic E-state index is 0.0868. The number of aryl methyl sites for hydroxylation is 1. The third-order valence-electron chi connectivity index (χ3n) is 8.51. The number of hydrogen-bond donors (Lipinski definition) is 1. The molecule has 1 unspecified atom stereocenters. The molecule has 0 aliphatic carbocycles. The Balaban J connectivity index is 1.23. The monoisotopic (exact) mass is 652 g/mol. The summed E-state index contributed by atoms with van der Waals surface area (Å²) in [6.45, 7) is 2.55. The minimum Gasteiger partial charge on any atom is -0.493 e. The molecule has 0 saturated heterocycles. The van der Waals surface area contributed by atoms with Gasteiger partial charge in [0.25, 0.3) is 0 Å². The van der Waals surface area contributed by atoms with Crippen LogP contribution in [-0.2, 0) is 45.4 Å². The van der Waals surface area contributed by atoms with Gasteiger partial charge in [0.1, 0.15) is 11.5 Å². The van der Waals surface area contributed by atoms with E-state index < -0.39 is 22.1 Å². The molecule has 0 saturated carbocycles. The third kappa shape index (κ3) is 7.00. The molecule has 2 heterocycles. The van der Waals surface area contributed by atoms with Crippen LogP contribution < -0.4 is 4.74 Å². The van der Waals surface area contributed by atoms with Crippen molar-refractivity contribution in [3.05, 3.63) is 125 Å². The molecule has 47 heavy (non-hydrogen) atoms. The molecule has 1 atom stereocenters. The van der Waals surface area contributed by atoms with Crippen LogP contribution in [0.25, 0.3) is 22.6 Å². The van der Waals surface area contributed by atoms with Crippen LogP contribution in [0.3, 0.4) is 0 Å². The molecule has 0 spiro atoms. The fourth-order valence-electron chi connectivity index (χ4n) is 5.91. The number of rotatable bonds is 12. The number of carboxylic acids is 1. The van der Waals surface area contributed by atoms with Gasteiger partial charge in [0.2, 0.25) is 15.9 Å². The van der Waals surface area contributed by atoms with Crippen molar-refractivity contribution in [2.45, 2.75) is 43.7 Å². The zero-order chi connectivity index (χ0) is 33.0. The molecule has 10 heteroatoms. The first-order valence-corrected chi connectivity index (χ1v) is 16.9. The average Bonchev–Trinajstić information content (AvgIpc) is 3.48. The van der Waals surface area contributed by atoms with Gasteiger partial charge in [-0.3, -0.25) is 0 Å². The Kier molecular flexibility index (Phi) is 9.53. The number of nitrogens with zero attached hydrogens (tertiary/aromatic N) is 2. The zero-order valence-corrected chi connectivity index (χ0v) is 27.1.